The van der Waals surface area contributed by atoms with E-state index in [-0.39, 0.29) is 11.9 Å². The molecule has 3 fully saturated rings. The van der Waals surface area contributed by atoms with Crippen LogP contribution < -0.4 is 0 Å². The van der Waals surface area contributed by atoms with Crippen molar-refractivity contribution in [2.45, 2.75) is 57.0 Å². The molecule has 3 saturated heterocycles. The van der Waals surface area contributed by atoms with Crippen molar-refractivity contribution in [3.63, 3.8) is 0 Å². The van der Waals surface area contributed by atoms with Crippen LogP contribution in [-0.2, 0) is 22.4 Å². The van der Waals surface area contributed by atoms with E-state index in [0.717, 1.165) is 45.2 Å². The molecule has 3 aliphatic rings. The Bertz CT molecular complexity index is 913. The lowest BCUT2D eigenvalue weighted by Crippen LogP contribution is -2.66. The smallest absolute Gasteiger partial charge is 0.223 e. The van der Waals surface area contributed by atoms with Crippen LogP contribution in [0.2, 0.25) is 0 Å². The van der Waals surface area contributed by atoms with Gasteiger partial charge in [-0.1, -0.05) is 60.7 Å². The van der Waals surface area contributed by atoms with Crippen LogP contribution in [0.15, 0.2) is 60.7 Å². The predicted molar refractivity (Wildman–Crippen MR) is 121 cm³/mol. The van der Waals surface area contributed by atoms with Gasteiger partial charge in [-0.3, -0.25) is 9.59 Å². The Morgan fingerprint density at radius 2 is 1.58 bits per heavy atom. The first-order chi connectivity index (χ1) is 15.2. The molecule has 0 N–H and O–H groups in total. The summed E-state index contributed by atoms with van der Waals surface area (Å²) in [5.41, 5.74) is 2.51. The minimum Gasteiger partial charge on any atom is -0.342 e. The van der Waals surface area contributed by atoms with Crippen molar-refractivity contribution in [2.75, 3.05) is 13.1 Å². The molecule has 4 atom stereocenters. The van der Waals surface area contributed by atoms with Crippen molar-refractivity contribution >= 4 is 11.8 Å². The average Bonchev–Trinajstić information content (AvgIpc) is 2.81. The number of rotatable bonds is 5. The number of nitrogens with zero attached hydrogens (tertiary/aromatic N) is 2. The molecule has 2 aromatic carbocycles. The van der Waals surface area contributed by atoms with Crippen LogP contribution >= 0.6 is 0 Å². The third kappa shape index (κ3) is 4.26. The topological polar surface area (TPSA) is 40.6 Å². The first kappa shape index (κ1) is 20.3. The molecule has 0 saturated carbocycles. The lowest BCUT2D eigenvalue weighted by molar-refractivity contribution is -0.156. The van der Waals surface area contributed by atoms with Gasteiger partial charge in [-0.15, -0.1) is 0 Å². The van der Waals surface area contributed by atoms with E-state index in [1.807, 2.05) is 24.3 Å². The largest absolute Gasteiger partial charge is 0.342 e. The van der Waals surface area contributed by atoms with Gasteiger partial charge in [0.25, 0.3) is 0 Å². The third-order valence-corrected chi connectivity index (χ3v) is 7.61. The van der Waals surface area contributed by atoms with Crippen molar-refractivity contribution in [1.29, 1.82) is 0 Å². The number of carbonyl (C=O) groups is 2. The molecule has 0 aliphatic carbocycles. The molecule has 4 heteroatoms. The first-order valence-electron chi connectivity index (χ1n) is 11.9. The van der Waals surface area contributed by atoms with Crippen LogP contribution in [0.1, 0.15) is 43.2 Å². The summed E-state index contributed by atoms with van der Waals surface area (Å²) in [6.45, 7) is 1.61. The Hall–Kier alpha value is -2.62. The highest BCUT2D eigenvalue weighted by atomic mass is 16.2. The normalized spacial score (nSPS) is 27.7. The summed E-state index contributed by atoms with van der Waals surface area (Å²) in [7, 11) is 0. The third-order valence-electron chi connectivity index (χ3n) is 7.61. The Morgan fingerprint density at radius 1 is 0.903 bits per heavy atom. The fourth-order valence-corrected chi connectivity index (χ4v) is 6.15. The Balaban J connectivity index is 1.33. The van der Waals surface area contributed by atoms with Crippen LogP contribution in [0.3, 0.4) is 0 Å². The number of benzene rings is 2. The fraction of sp³-hybridized carbons (Fsp3) is 0.481. The zero-order valence-electron chi connectivity index (χ0n) is 18.2. The monoisotopic (exact) mass is 416 g/mol. The molecular weight excluding hydrogens is 384 g/mol. The molecule has 0 unspecified atom stereocenters. The van der Waals surface area contributed by atoms with Gasteiger partial charge < -0.3 is 9.80 Å². The summed E-state index contributed by atoms with van der Waals surface area (Å²) in [5.74, 6) is 1.40. The number of hydrogen-bond acceptors (Lipinski definition) is 2. The maximum Gasteiger partial charge on any atom is 0.223 e. The van der Waals surface area contributed by atoms with Crippen LogP contribution in [0.5, 0.6) is 0 Å². The van der Waals surface area contributed by atoms with E-state index < -0.39 is 0 Å². The van der Waals surface area contributed by atoms with Gasteiger partial charge in [0, 0.05) is 38.0 Å². The molecule has 0 aromatic heterocycles. The standard InChI is InChI=1S/C27H32N2O2/c30-26(15-14-20-8-3-1-4-9-20)28-18-22-17-23(19-28)25(16-21-10-5-2-6-11-21)29-24(22)12-7-13-27(29)31/h1-6,8-11,22-25H,7,12-19H2/t22-,23+,24+,25+/m1/s1. The minimum atomic E-state index is 0.209. The maximum atomic E-state index is 13.1. The van der Waals surface area contributed by atoms with Crippen LogP contribution in [0, 0.1) is 11.8 Å². The molecule has 4 nitrogen and oxygen atoms in total. The zero-order valence-corrected chi connectivity index (χ0v) is 18.2. The molecule has 2 amide bonds. The van der Waals surface area contributed by atoms with Crippen LogP contribution in [-0.4, -0.2) is 46.8 Å². The van der Waals surface area contributed by atoms with E-state index in [9.17, 15) is 9.59 Å². The van der Waals surface area contributed by atoms with Gasteiger partial charge in [0.1, 0.15) is 0 Å². The highest BCUT2D eigenvalue weighted by Crippen LogP contribution is 2.42. The van der Waals surface area contributed by atoms with Crippen molar-refractivity contribution in [2.24, 2.45) is 11.8 Å². The highest BCUT2D eigenvalue weighted by molar-refractivity contribution is 5.79. The lowest BCUT2D eigenvalue weighted by Gasteiger charge is -2.56. The Kier molecular flexibility index (Phi) is 5.80. The van der Waals surface area contributed by atoms with E-state index in [1.54, 1.807) is 0 Å². The van der Waals surface area contributed by atoms with Crippen molar-refractivity contribution < 1.29 is 9.59 Å². The highest BCUT2D eigenvalue weighted by Gasteiger charge is 2.49. The quantitative estimate of drug-likeness (QED) is 0.737. The summed E-state index contributed by atoms with van der Waals surface area (Å²) in [6, 6.07) is 21.3. The van der Waals surface area contributed by atoms with Crippen LogP contribution in [0.25, 0.3) is 0 Å². The molecule has 3 heterocycles. The van der Waals surface area contributed by atoms with Gasteiger partial charge in [-0.25, -0.2) is 0 Å². The second-order valence-corrected chi connectivity index (χ2v) is 9.56. The number of fused-ring (bicyclic) bond motifs is 4. The molecule has 2 aromatic rings. The molecule has 3 aliphatic heterocycles. The van der Waals surface area contributed by atoms with Gasteiger partial charge in [0.2, 0.25) is 11.8 Å². The molecule has 31 heavy (non-hydrogen) atoms. The van der Waals surface area contributed by atoms with Gasteiger partial charge in [0.05, 0.1) is 0 Å². The molecule has 0 radical (unpaired) electrons. The number of aryl methyl sites for hydroxylation is 1. The second-order valence-electron chi connectivity index (χ2n) is 9.56. The second kappa shape index (κ2) is 8.86. The summed E-state index contributed by atoms with van der Waals surface area (Å²) in [4.78, 5) is 30.5. The first-order valence-corrected chi connectivity index (χ1v) is 11.9. The Labute approximate surface area is 185 Å². The number of amides is 2. The number of hydrogen-bond donors (Lipinski definition) is 0. The fourth-order valence-electron chi connectivity index (χ4n) is 6.15. The van der Waals surface area contributed by atoms with Gasteiger partial charge in [-0.05, 0) is 55.1 Å². The van der Waals surface area contributed by atoms with E-state index in [4.69, 9.17) is 0 Å². The molecule has 5 rings (SSSR count). The molecular formula is C27H32N2O2. The van der Waals surface area contributed by atoms with Crippen molar-refractivity contribution in [3.8, 4) is 0 Å². The van der Waals surface area contributed by atoms with E-state index in [2.05, 4.69) is 46.2 Å². The zero-order chi connectivity index (χ0) is 21.2. The van der Waals surface area contributed by atoms with Gasteiger partial charge >= 0.3 is 0 Å². The SMILES string of the molecule is O=C(CCc1ccccc1)N1C[C@H]2C[C@@H](C1)[C@H](Cc1ccccc1)N1C(=O)CCC[C@@H]21. The maximum absolute atomic E-state index is 13.1. The summed E-state index contributed by atoms with van der Waals surface area (Å²) >= 11 is 0. The average molecular weight is 417 g/mol. The van der Waals surface area contributed by atoms with Crippen molar-refractivity contribution in [3.05, 3.63) is 71.8 Å². The number of piperidine rings is 3. The number of likely N-dealkylation sites (tertiary alicyclic amines) is 1. The molecule has 0 spiro atoms. The summed E-state index contributed by atoms with van der Waals surface area (Å²) in [5, 5.41) is 0. The van der Waals surface area contributed by atoms with Crippen LogP contribution in [0.4, 0.5) is 0 Å². The van der Waals surface area contributed by atoms with Gasteiger partial charge in [0.15, 0.2) is 0 Å². The lowest BCUT2D eigenvalue weighted by atomic mass is 9.70. The predicted octanol–water partition coefficient (Wildman–Crippen LogP) is 4.09. The van der Waals surface area contributed by atoms with Crippen molar-refractivity contribution in [1.82, 2.24) is 9.80 Å². The molecule has 162 valence electrons. The van der Waals surface area contributed by atoms with Gasteiger partial charge in [-0.2, -0.15) is 0 Å². The summed E-state index contributed by atoms with van der Waals surface area (Å²) in [6.07, 6.45) is 6.16. The van der Waals surface area contributed by atoms with E-state index in [0.29, 0.717) is 36.6 Å². The number of carbonyl (C=O) groups excluding carboxylic acids is 2. The Morgan fingerprint density at radius 3 is 2.32 bits per heavy atom. The summed E-state index contributed by atoms with van der Waals surface area (Å²) < 4.78 is 0. The van der Waals surface area contributed by atoms with E-state index in [1.165, 1.54) is 11.1 Å². The van der Waals surface area contributed by atoms with E-state index >= 15 is 0 Å². The molecule has 2 bridgehead atoms. The minimum absolute atomic E-state index is 0.209.